The molecule has 80 valence electrons. The Balaban J connectivity index is 2.36. The minimum absolute atomic E-state index is 0.301. The van der Waals surface area contributed by atoms with Crippen LogP contribution in [-0.4, -0.2) is 17.6 Å². The predicted octanol–water partition coefficient (Wildman–Crippen LogP) is 2.06. The summed E-state index contributed by atoms with van der Waals surface area (Å²) in [5.41, 5.74) is 3.77. The van der Waals surface area contributed by atoms with Gasteiger partial charge in [0.15, 0.2) is 5.69 Å². The molecule has 0 aromatic carbocycles. The maximum absolute atomic E-state index is 11.6. The van der Waals surface area contributed by atoms with Gasteiger partial charge in [-0.3, -0.25) is 0 Å². The van der Waals surface area contributed by atoms with Crippen molar-refractivity contribution in [2.24, 2.45) is 0 Å². The van der Waals surface area contributed by atoms with Crippen molar-refractivity contribution in [2.45, 2.75) is 33.1 Å². The van der Waals surface area contributed by atoms with Gasteiger partial charge in [-0.15, -0.1) is 0 Å². The number of fused-ring (bicyclic) bond motifs is 1. The van der Waals surface area contributed by atoms with Crippen LogP contribution in [0.3, 0.4) is 0 Å². The smallest absolute Gasteiger partial charge is 0.357 e. The van der Waals surface area contributed by atoms with Crippen LogP contribution in [0.25, 0.3) is 0 Å². The van der Waals surface area contributed by atoms with E-state index in [1.807, 2.05) is 6.92 Å². The third kappa shape index (κ3) is 1.87. The third-order valence-corrected chi connectivity index (χ3v) is 2.71. The Bertz CT molecular complexity index is 399. The Morgan fingerprint density at radius 1 is 1.53 bits per heavy atom. The molecule has 0 saturated carbocycles. The molecule has 0 fully saturated rings. The van der Waals surface area contributed by atoms with Crippen molar-refractivity contribution < 1.29 is 9.53 Å². The van der Waals surface area contributed by atoms with E-state index < -0.39 is 0 Å². The summed E-state index contributed by atoms with van der Waals surface area (Å²) in [6.07, 6.45) is 3.22. The minimum Gasteiger partial charge on any atom is -0.461 e. The second-order valence-electron chi connectivity index (χ2n) is 3.83. The lowest BCUT2D eigenvalue weighted by atomic mass is 10.1. The van der Waals surface area contributed by atoms with E-state index >= 15 is 0 Å². The highest BCUT2D eigenvalue weighted by Crippen LogP contribution is 2.22. The third-order valence-electron chi connectivity index (χ3n) is 2.71. The van der Waals surface area contributed by atoms with E-state index in [0.717, 1.165) is 30.5 Å². The standard InChI is InChI=1S/C12H15NO2/c1-3-15-12(14)11-8(2)7-9-5-4-6-10(9)13-11/h7H,3-6H2,1-2H3. The van der Waals surface area contributed by atoms with Crippen LogP contribution in [0.2, 0.25) is 0 Å². The zero-order valence-corrected chi connectivity index (χ0v) is 9.17. The lowest BCUT2D eigenvalue weighted by Gasteiger charge is -2.07. The highest BCUT2D eigenvalue weighted by atomic mass is 16.5. The van der Waals surface area contributed by atoms with Crippen molar-refractivity contribution in [3.63, 3.8) is 0 Å². The second-order valence-corrected chi connectivity index (χ2v) is 3.83. The summed E-state index contributed by atoms with van der Waals surface area (Å²) >= 11 is 0. The highest BCUT2D eigenvalue weighted by molar-refractivity contribution is 5.89. The predicted molar refractivity (Wildman–Crippen MR) is 57.0 cm³/mol. The van der Waals surface area contributed by atoms with E-state index in [4.69, 9.17) is 4.74 Å². The number of hydrogen-bond donors (Lipinski definition) is 0. The molecule has 0 amide bonds. The quantitative estimate of drug-likeness (QED) is 0.694. The molecule has 1 aliphatic rings. The molecule has 1 aliphatic carbocycles. The first-order valence-electron chi connectivity index (χ1n) is 5.39. The highest BCUT2D eigenvalue weighted by Gasteiger charge is 2.18. The fourth-order valence-electron chi connectivity index (χ4n) is 1.99. The molecule has 1 heterocycles. The topological polar surface area (TPSA) is 39.2 Å². The molecule has 0 aliphatic heterocycles. The first-order valence-corrected chi connectivity index (χ1v) is 5.39. The normalized spacial score (nSPS) is 13.7. The minimum atomic E-state index is -0.301. The van der Waals surface area contributed by atoms with Crippen LogP contribution in [-0.2, 0) is 17.6 Å². The fraction of sp³-hybridized carbons (Fsp3) is 0.500. The molecule has 0 spiro atoms. The average Bonchev–Trinajstić information content (AvgIpc) is 2.63. The van der Waals surface area contributed by atoms with Gasteiger partial charge in [-0.2, -0.15) is 0 Å². The lowest BCUT2D eigenvalue weighted by molar-refractivity contribution is 0.0518. The van der Waals surface area contributed by atoms with Crippen LogP contribution in [0.15, 0.2) is 6.07 Å². The molecule has 0 atom stereocenters. The fourth-order valence-corrected chi connectivity index (χ4v) is 1.99. The van der Waals surface area contributed by atoms with Crippen LogP contribution in [0.4, 0.5) is 0 Å². The summed E-state index contributed by atoms with van der Waals surface area (Å²) in [5.74, 6) is -0.301. The molecule has 0 N–H and O–H groups in total. The Morgan fingerprint density at radius 3 is 3.07 bits per heavy atom. The van der Waals surface area contributed by atoms with Gasteiger partial charge < -0.3 is 4.74 Å². The van der Waals surface area contributed by atoms with Gasteiger partial charge in [0, 0.05) is 5.69 Å². The number of hydrogen-bond acceptors (Lipinski definition) is 3. The zero-order valence-electron chi connectivity index (χ0n) is 9.17. The summed E-state index contributed by atoms with van der Waals surface area (Å²) < 4.78 is 4.97. The molecule has 15 heavy (non-hydrogen) atoms. The van der Waals surface area contributed by atoms with E-state index in [9.17, 15) is 4.79 Å². The van der Waals surface area contributed by atoms with Crippen LogP contribution in [0.5, 0.6) is 0 Å². The van der Waals surface area contributed by atoms with Crippen LogP contribution in [0, 0.1) is 6.92 Å². The average molecular weight is 205 g/mol. The summed E-state index contributed by atoms with van der Waals surface area (Å²) in [5, 5.41) is 0. The SMILES string of the molecule is CCOC(=O)c1nc2c(cc1C)CCC2. The molecular weight excluding hydrogens is 190 g/mol. The Morgan fingerprint density at radius 2 is 2.33 bits per heavy atom. The van der Waals surface area contributed by atoms with Crippen molar-refractivity contribution in [1.82, 2.24) is 4.98 Å². The number of carbonyl (C=O) groups excluding carboxylic acids is 1. The van der Waals surface area contributed by atoms with Gasteiger partial charge >= 0.3 is 5.97 Å². The Hall–Kier alpha value is -1.38. The number of nitrogens with zero attached hydrogens (tertiary/aromatic N) is 1. The molecular formula is C12H15NO2. The van der Waals surface area contributed by atoms with Crippen molar-refractivity contribution in [3.8, 4) is 0 Å². The van der Waals surface area contributed by atoms with Crippen LogP contribution in [0.1, 0.15) is 40.7 Å². The molecule has 0 bridgehead atoms. The van der Waals surface area contributed by atoms with Gasteiger partial charge in [-0.25, -0.2) is 9.78 Å². The summed E-state index contributed by atoms with van der Waals surface area (Å²) in [7, 11) is 0. The monoisotopic (exact) mass is 205 g/mol. The molecule has 0 radical (unpaired) electrons. The van der Waals surface area contributed by atoms with Gasteiger partial charge in [-0.1, -0.05) is 6.07 Å². The number of rotatable bonds is 2. The molecule has 3 nitrogen and oxygen atoms in total. The van der Waals surface area contributed by atoms with Gasteiger partial charge in [0.1, 0.15) is 0 Å². The second kappa shape index (κ2) is 4.01. The van der Waals surface area contributed by atoms with Crippen LogP contribution >= 0.6 is 0 Å². The number of carbonyl (C=O) groups is 1. The van der Waals surface area contributed by atoms with E-state index in [0.29, 0.717) is 12.3 Å². The number of pyridine rings is 1. The van der Waals surface area contributed by atoms with E-state index in [2.05, 4.69) is 11.1 Å². The zero-order chi connectivity index (χ0) is 10.8. The summed E-state index contributed by atoms with van der Waals surface area (Å²) in [6, 6.07) is 2.07. The molecule has 0 saturated heterocycles. The van der Waals surface area contributed by atoms with Crippen LogP contribution < -0.4 is 0 Å². The summed E-state index contributed by atoms with van der Waals surface area (Å²) in [6.45, 7) is 4.12. The first kappa shape index (κ1) is 10.1. The molecule has 1 aromatic heterocycles. The Kier molecular flexibility index (Phi) is 2.71. The summed E-state index contributed by atoms with van der Waals surface area (Å²) in [4.78, 5) is 16.0. The Labute approximate surface area is 89.5 Å². The maximum Gasteiger partial charge on any atom is 0.357 e. The first-order chi connectivity index (χ1) is 7.22. The number of esters is 1. The van der Waals surface area contributed by atoms with E-state index in [1.54, 1.807) is 6.92 Å². The lowest BCUT2D eigenvalue weighted by Crippen LogP contribution is -2.10. The van der Waals surface area contributed by atoms with Gasteiger partial charge in [0.25, 0.3) is 0 Å². The van der Waals surface area contributed by atoms with Crippen molar-refractivity contribution >= 4 is 5.97 Å². The molecule has 2 rings (SSSR count). The van der Waals surface area contributed by atoms with E-state index in [-0.39, 0.29) is 5.97 Å². The van der Waals surface area contributed by atoms with Gasteiger partial charge in [0.2, 0.25) is 0 Å². The molecule has 3 heteroatoms. The van der Waals surface area contributed by atoms with Gasteiger partial charge in [-0.05, 0) is 44.2 Å². The maximum atomic E-state index is 11.6. The number of aromatic nitrogens is 1. The largest absolute Gasteiger partial charge is 0.461 e. The number of ether oxygens (including phenoxy) is 1. The van der Waals surface area contributed by atoms with Gasteiger partial charge in [0.05, 0.1) is 6.61 Å². The molecule has 0 unspecified atom stereocenters. The van der Waals surface area contributed by atoms with Crippen molar-refractivity contribution in [2.75, 3.05) is 6.61 Å². The number of aryl methyl sites for hydroxylation is 3. The van der Waals surface area contributed by atoms with E-state index in [1.165, 1.54) is 5.56 Å². The van der Waals surface area contributed by atoms with Crippen molar-refractivity contribution in [1.29, 1.82) is 0 Å². The van der Waals surface area contributed by atoms with Crippen molar-refractivity contribution in [3.05, 3.63) is 28.6 Å². The molecule has 1 aromatic rings.